The van der Waals surface area contributed by atoms with Gasteiger partial charge in [0.2, 0.25) is 0 Å². The molecule has 0 spiro atoms. The van der Waals surface area contributed by atoms with E-state index < -0.39 is 18.9 Å². The van der Waals surface area contributed by atoms with Gasteiger partial charge in [-0.05, 0) is 6.07 Å². The van der Waals surface area contributed by atoms with Crippen LogP contribution in [0, 0.1) is 0 Å². The van der Waals surface area contributed by atoms with Crippen LogP contribution in [-0.4, -0.2) is 55.2 Å². The number of hydrogen-bond donors (Lipinski definition) is 1. The third kappa shape index (κ3) is 5.53. The fourth-order valence-corrected chi connectivity index (χ4v) is 2.17. The number of aliphatic hydroxyl groups excluding tert-OH is 1. The standard InChI is InChI=1S/C14H18F3NO3/c15-14(16,17)10-21-13-4-2-1-3-11(13)7-18-5-6-20-9-12(19)8-18/h1-4,12,19H,5-10H2. The van der Waals surface area contributed by atoms with Crippen molar-refractivity contribution in [2.45, 2.75) is 18.8 Å². The monoisotopic (exact) mass is 305 g/mol. The van der Waals surface area contributed by atoms with Gasteiger partial charge in [0, 0.05) is 25.2 Å². The number of aliphatic hydroxyl groups is 1. The molecule has 0 bridgehead atoms. The van der Waals surface area contributed by atoms with Gasteiger partial charge in [-0.25, -0.2) is 0 Å². The number of rotatable bonds is 4. The minimum absolute atomic E-state index is 0.217. The lowest BCUT2D eigenvalue weighted by molar-refractivity contribution is -0.153. The van der Waals surface area contributed by atoms with E-state index in [2.05, 4.69) is 0 Å². The molecule has 1 saturated heterocycles. The Labute approximate surface area is 121 Å². The van der Waals surface area contributed by atoms with E-state index in [1.165, 1.54) is 6.07 Å². The number of ether oxygens (including phenoxy) is 2. The van der Waals surface area contributed by atoms with Crippen LogP contribution in [0.25, 0.3) is 0 Å². The Balaban J connectivity index is 2.01. The molecule has 2 rings (SSSR count). The van der Waals surface area contributed by atoms with Gasteiger partial charge in [0.15, 0.2) is 6.61 Å². The van der Waals surface area contributed by atoms with Crippen LogP contribution in [0.4, 0.5) is 13.2 Å². The summed E-state index contributed by atoms with van der Waals surface area (Å²) < 4.78 is 46.8. The van der Waals surface area contributed by atoms with E-state index in [-0.39, 0.29) is 12.4 Å². The van der Waals surface area contributed by atoms with Crippen LogP contribution in [0.3, 0.4) is 0 Å². The number of alkyl halides is 3. The van der Waals surface area contributed by atoms with Crippen molar-refractivity contribution < 1.29 is 27.8 Å². The van der Waals surface area contributed by atoms with Gasteiger partial charge in [-0.3, -0.25) is 4.90 Å². The maximum Gasteiger partial charge on any atom is 0.422 e. The minimum atomic E-state index is -4.36. The Morgan fingerprint density at radius 2 is 2.10 bits per heavy atom. The van der Waals surface area contributed by atoms with Gasteiger partial charge in [0.25, 0.3) is 0 Å². The van der Waals surface area contributed by atoms with Crippen molar-refractivity contribution in [2.24, 2.45) is 0 Å². The number of β-amino-alcohol motifs (C(OH)–C–C–N with tert-alkyl or cyclic N) is 1. The van der Waals surface area contributed by atoms with Gasteiger partial charge < -0.3 is 14.6 Å². The topological polar surface area (TPSA) is 41.9 Å². The lowest BCUT2D eigenvalue weighted by atomic mass is 10.2. The SMILES string of the molecule is OC1COCCN(Cc2ccccc2OCC(F)(F)F)C1. The molecule has 1 atom stereocenters. The zero-order chi connectivity index (χ0) is 15.3. The first-order valence-electron chi connectivity index (χ1n) is 6.69. The van der Waals surface area contributed by atoms with Crippen LogP contribution < -0.4 is 4.74 Å². The first kappa shape index (κ1) is 16.1. The Kier molecular flexibility index (Phi) is 5.44. The minimum Gasteiger partial charge on any atom is -0.484 e. The molecule has 1 unspecified atom stereocenters. The Morgan fingerprint density at radius 1 is 1.33 bits per heavy atom. The van der Waals surface area contributed by atoms with E-state index in [9.17, 15) is 18.3 Å². The van der Waals surface area contributed by atoms with E-state index in [1.807, 2.05) is 4.90 Å². The number of para-hydroxylation sites is 1. The van der Waals surface area contributed by atoms with E-state index in [1.54, 1.807) is 18.2 Å². The van der Waals surface area contributed by atoms with E-state index in [4.69, 9.17) is 9.47 Å². The first-order valence-corrected chi connectivity index (χ1v) is 6.69. The number of hydrogen-bond acceptors (Lipinski definition) is 4. The lowest BCUT2D eigenvalue weighted by Gasteiger charge is -2.22. The predicted octanol–water partition coefficient (Wildman–Crippen LogP) is 1.82. The average Bonchev–Trinajstić information content (AvgIpc) is 2.61. The highest BCUT2D eigenvalue weighted by Crippen LogP contribution is 2.23. The van der Waals surface area contributed by atoms with Crippen molar-refractivity contribution in [1.82, 2.24) is 4.90 Å². The first-order chi connectivity index (χ1) is 9.94. The third-order valence-corrected chi connectivity index (χ3v) is 3.09. The van der Waals surface area contributed by atoms with Gasteiger partial charge in [-0.2, -0.15) is 13.2 Å². The third-order valence-electron chi connectivity index (χ3n) is 3.09. The van der Waals surface area contributed by atoms with Gasteiger partial charge in [-0.1, -0.05) is 18.2 Å². The zero-order valence-electron chi connectivity index (χ0n) is 11.5. The molecular weight excluding hydrogens is 287 g/mol. The Bertz CT molecular complexity index is 453. The highest BCUT2D eigenvalue weighted by Gasteiger charge is 2.29. The second-order valence-corrected chi connectivity index (χ2v) is 4.98. The normalized spacial score (nSPS) is 21.0. The summed E-state index contributed by atoms with van der Waals surface area (Å²) in [6, 6.07) is 6.63. The molecule has 1 aromatic rings. The molecule has 1 fully saturated rings. The summed E-state index contributed by atoms with van der Waals surface area (Å²) in [6.45, 7) is 0.911. The molecule has 7 heteroatoms. The summed E-state index contributed by atoms with van der Waals surface area (Å²) in [5.74, 6) is 0.217. The molecule has 0 amide bonds. The van der Waals surface area contributed by atoms with Crippen LogP contribution >= 0.6 is 0 Å². The molecule has 1 aromatic carbocycles. The van der Waals surface area contributed by atoms with E-state index in [0.29, 0.717) is 31.8 Å². The van der Waals surface area contributed by atoms with Gasteiger partial charge >= 0.3 is 6.18 Å². The number of benzene rings is 1. The fraction of sp³-hybridized carbons (Fsp3) is 0.571. The summed E-state index contributed by atoms with van der Waals surface area (Å²) >= 11 is 0. The van der Waals surface area contributed by atoms with Crippen molar-refractivity contribution in [1.29, 1.82) is 0 Å². The van der Waals surface area contributed by atoms with Crippen LogP contribution in [0.5, 0.6) is 5.75 Å². The van der Waals surface area contributed by atoms with Crippen LogP contribution in [-0.2, 0) is 11.3 Å². The smallest absolute Gasteiger partial charge is 0.422 e. The van der Waals surface area contributed by atoms with Crippen LogP contribution in [0.15, 0.2) is 24.3 Å². The highest BCUT2D eigenvalue weighted by molar-refractivity contribution is 5.33. The summed E-state index contributed by atoms with van der Waals surface area (Å²) in [7, 11) is 0. The number of nitrogens with zero attached hydrogens (tertiary/aromatic N) is 1. The Hall–Kier alpha value is -1.31. The molecule has 1 aliphatic rings. The molecule has 0 aliphatic carbocycles. The predicted molar refractivity (Wildman–Crippen MR) is 70.1 cm³/mol. The molecule has 1 heterocycles. The van der Waals surface area contributed by atoms with Crippen molar-refractivity contribution in [3.8, 4) is 5.75 Å². The van der Waals surface area contributed by atoms with Crippen LogP contribution in [0.2, 0.25) is 0 Å². The molecule has 21 heavy (non-hydrogen) atoms. The largest absolute Gasteiger partial charge is 0.484 e. The summed E-state index contributed by atoms with van der Waals surface area (Å²) in [6.07, 6.45) is -4.95. The molecule has 1 aliphatic heterocycles. The average molecular weight is 305 g/mol. The highest BCUT2D eigenvalue weighted by atomic mass is 19.4. The van der Waals surface area contributed by atoms with Crippen molar-refractivity contribution >= 4 is 0 Å². The molecule has 0 aromatic heterocycles. The van der Waals surface area contributed by atoms with Crippen molar-refractivity contribution in [2.75, 3.05) is 32.9 Å². The fourth-order valence-electron chi connectivity index (χ4n) is 2.17. The molecule has 0 saturated carbocycles. The second-order valence-electron chi connectivity index (χ2n) is 4.98. The molecule has 118 valence electrons. The van der Waals surface area contributed by atoms with E-state index in [0.717, 1.165) is 0 Å². The van der Waals surface area contributed by atoms with E-state index >= 15 is 0 Å². The lowest BCUT2D eigenvalue weighted by Crippen LogP contribution is -2.32. The summed E-state index contributed by atoms with van der Waals surface area (Å²) in [5, 5.41) is 9.67. The van der Waals surface area contributed by atoms with Crippen LogP contribution in [0.1, 0.15) is 5.56 Å². The second kappa shape index (κ2) is 7.11. The maximum atomic E-state index is 12.3. The molecular formula is C14H18F3NO3. The van der Waals surface area contributed by atoms with Gasteiger partial charge in [0.05, 0.1) is 19.3 Å². The quantitative estimate of drug-likeness (QED) is 0.921. The van der Waals surface area contributed by atoms with Gasteiger partial charge in [-0.15, -0.1) is 0 Å². The van der Waals surface area contributed by atoms with Gasteiger partial charge in [0.1, 0.15) is 5.75 Å². The zero-order valence-corrected chi connectivity index (χ0v) is 11.5. The van der Waals surface area contributed by atoms with Crippen molar-refractivity contribution in [3.05, 3.63) is 29.8 Å². The number of halogens is 3. The summed E-state index contributed by atoms with van der Waals surface area (Å²) in [5.41, 5.74) is 0.663. The maximum absolute atomic E-state index is 12.3. The Morgan fingerprint density at radius 3 is 2.86 bits per heavy atom. The molecule has 4 nitrogen and oxygen atoms in total. The van der Waals surface area contributed by atoms with Crippen molar-refractivity contribution in [3.63, 3.8) is 0 Å². The molecule has 0 radical (unpaired) electrons. The summed E-state index contributed by atoms with van der Waals surface area (Å²) in [4.78, 5) is 1.94. The molecule has 1 N–H and O–H groups in total.